The summed E-state index contributed by atoms with van der Waals surface area (Å²) in [5, 5.41) is 5.02. The molecule has 0 amide bonds. The number of nitrogens with zero attached hydrogens (tertiary/aromatic N) is 2. The van der Waals surface area contributed by atoms with Crippen molar-refractivity contribution in [3.63, 3.8) is 0 Å². The van der Waals surface area contributed by atoms with Crippen molar-refractivity contribution in [2.75, 3.05) is 26.2 Å². The Morgan fingerprint density at radius 2 is 1.91 bits per heavy atom. The molecule has 0 aromatic heterocycles. The van der Waals surface area contributed by atoms with E-state index in [1.54, 1.807) is 0 Å². The van der Waals surface area contributed by atoms with Crippen LogP contribution in [0.5, 0.6) is 0 Å². The lowest BCUT2D eigenvalue weighted by Crippen LogP contribution is -2.59. The van der Waals surface area contributed by atoms with Gasteiger partial charge in [-0.25, -0.2) is 5.01 Å². The quantitative estimate of drug-likeness (QED) is 0.290. The molecule has 6 unspecified atom stereocenters. The third kappa shape index (κ3) is 2.59. The molecule has 5 saturated carbocycles. The zero-order valence-electron chi connectivity index (χ0n) is 20.8. The summed E-state index contributed by atoms with van der Waals surface area (Å²) in [6.45, 7) is 7.90. The average molecular weight is 460 g/mol. The Kier molecular flexibility index (Phi) is 5.16. The molecule has 0 bridgehead atoms. The molecule has 0 radical (unpaired) electrons. The molecule has 7 heteroatoms. The third-order valence-corrected chi connectivity index (χ3v) is 12.4. The van der Waals surface area contributed by atoms with Crippen LogP contribution in [0.15, 0.2) is 5.18 Å². The summed E-state index contributed by atoms with van der Waals surface area (Å²) >= 11 is 0. The Bertz CT molecular complexity index is 806. The summed E-state index contributed by atoms with van der Waals surface area (Å²) < 4.78 is 0. The molecular formula is C26H45N5O2. The van der Waals surface area contributed by atoms with E-state index in [1.807, 2.05) is 5.01 Å². The zero-order valence-corrected chi connectivity index (χ0v) is 20.8. The lowest BCUT2D eigenvalue weighted by Gasteiger charge is -2.49. The lowest BCUT2D eigenvalue weighted by molar-refractivity contribution is -0.130. The summed E-state index contributed by atoms with van der Waals surface area (Å²) in [4.78, 5) is 16.1. The standard InChI is InChI=1S/C26H45N5O2/c1-18-14-23-21-8-7-20(6-5-13-33-30-31-16-19(17-31)15-29-32)22(21,2)11-12-26(23,28)25(23)10-4-3-9-24(18,25)27/h18-21,30H,3-17,27-28H2,1-2H3/t18-,20?,21?,22?,23?,24?,25?,26+/m0/s1. The van der Waals surface area contributed by atoms with Crippen LogP contribution < -0.4 is 17.1 Å². The third-order valence-electron chi connectivity index (χ3n) is 12.4. The number of nitroso groups, excluding NO2 is 1. The molecule has 6 aliphatic rings. The fourth-order valence-electron chi connectivity index (χ4n) is 11.1. The van der Waals surface area contributed by atoms with E-state index in [9.17, 15) is 4.91 Å². The Hall–Kier alpha value is -0.600. The topological polar surface area (TPSA) is 106 Å². The molecule has 1 heterocycles. The molecule has 5 aliphatic carbocycles. The highest BCUT2D eigenvalue weighted by atomic mass is 16.7. The van der Waals surface area contributed by atoms with E-state index in [-0.39, 0.29) is 16.5 Å². The molecule has 6 rings (SSSR count). The minimum absolute atomic E-state index is 0.00221. The van der Waals surface area contributed by atoms with Crippen LogP contribution in [0.4, 0.5) is 0 Å². The summed E-state index contributed by atoms with van der Waals surface area (Å²) in [6, 6.07) is 0. The van der Waals surface area contributed by atoms with Gasteiger partial charge in [-0.15, -0.1) is 5.59 Å². The maximum Gasteiger partial charge on any atom is 0.0864 e. The fourth-order valence-corrected chi connectivity index (χ4v) is 11.1. The molecule has 2 spiro atoms. The van der Waals surface area contributed by atoms with E-state index in [2.05, 4.69) is 24.6 Å². The molecule has 186 valence electrons. The van der Waals surface area contributed by atoms with Gasteiger partial charge in [-0.3, -0.25) is 4.84 Å². The first kappa shape index (κ1) is 22.8. The van der Waals surface area contributed by atoms with Crippen molar-refractivity contribution >= 4 is 0 Å². The Morgan fingerprint density at radius 3 is 2.70 bits per heavy atom. The van der Waals surface area contributed by atoms with Gasteiger partial charge in [0.1, 0.15) is 0 Å². The van der Waals surface area contributed by atoms with Crippen LogP contribution >= 0.6 is 0 Å². The lowest BCUT2D eigenvalue weighted by atomic mass is 9.58. The maximum absolute atomic E-state index is 10.3. The molecule has 0 aromatic rings. The Morgan fingerprint density at radius 1 is 1.12 bits per heavy atom. The van der Waals surface area contributed by atoms with Gasteiger partial charge >= 0.3 is 0 Å². The van der Waals surface area contributed by atoms with Crippen molar-refractivity contribution in [3.8, 4) is 0 Å². The normalized spacial score (nSPS) is 53.0. The number of hydrogen-bond donors (Lipinski definition) is 3. The van der Waals surface area contributed by atoms with E-state index < -0.39 is 0 Å². The van der Waals surface area contributed by atoms with E-state index in [0.717, 1.165) is 38.0 Å². The first-order chi connectivity index (χ1) is 15.8. The van der Waals surface area contributed by atoms with Gasteiger partial charge in [0, 0.05) is 40.9 Å². The van der Waals surface area contributed by atoms with Crippen LogP contribution in [0, 0.1) is 44.8 Å². The van der Waals surface area contributed by atoms with Gasteiger partial charge in [-0.2, -0.15) is 4.91 Å². The van der Waals surface area contributed by atoms with Crippen molar-refractivity contribution < 1.29 is 4.84 Å². The average Bonchev–Trinajstić information content (AvgIpc) is 2.96. The second-order valence-electron chi connectivity index (χ2n) is 13.2. The summed E-state index contributed by atoms with van der Waals surface area (Å²) in [5.74, 6) is 2.53. The smallest absolute Gasteiger partial charge is 0.0864 e. The van der Waals surface area contributed by atoms with Gasteiger partial charge in [0.15, 0.2) is 0 Å². The minimum Gasteiger partial charge on any atom is -0.324 e. The molecule has 33 heavy (non-hydrogen) atoms. The van der Waals surface area contributed by atoms with Gasteiger partial charge in [-0.1, -0.05) is 31.9 Å². The molecule has 7 nitrogen and oxygen atoms in total. The molecular weight excluding hydrogens is 414 g/mol. The Balaban J connectivity index is 1.09. The number of hydrogen-bond acceptors (Lipinski definition) is 7. The molecule has 6 fully saturated rings. The SMILES string of the molecule is C[C@H]1CC23C4CCC(CCCONN5CC(CN=O)C5)C4(C)CC[C@]2(N)C32CCCCC12N. The van der Waals surface area contributed by atoms with E-state index in [1.165, 1.54) is 64.2 Å². The van der Waals surface area contributed by atoms with E-state index in [4.69, 9.17) is 16.3 Å². The number of nitrogens with one attached hydrogen (secondary N) is 1. The maximum atomic E-state index is 10.3. The van der Waals surface area contributed by atoms with Gasteiger partial charge in [-0.05, 0) is 81.0 Å². The fraction of sp³-hybridized carbons (Fsp3) is 1.00. The van der Waals surface area contributed by atoms with Crippen LogP contribution in [0.2, 0.25) is 0 Å². The molecule has 8 atom stereocenters. The minimum atomic E-state index is -0.0273. The number of rotatable bonds is 8. The molecule has 1 saturated heterocycles. The first-order valence-electron chi connectivity index (χ1n) is 13.8. The highest BCUT2D eigenvalue weighted by Crippen LogP contribution is 2.93. The van der Waals surface area contributed by atoms with Gasteiger partial charge in [0.2, 0.25) is 0 Å². The molecule has 5 N–H and O–H groups in total. The Labute approximate surface area is 199 Å². The van der Waals surface area contributed by atoms with Crippen molar-refractivity contribution in [2.24, 2.45) is 56.6 Å². The second kappa shape index (κ2) is 7.45. The second-order valence-corrected chi connectivity index (χ2v) is 13.2. The van der Waals surface area contributed by atoms with Crippen LogP contribution in [0.25, 0.3) is 0 Å². The predicted octanol–water partition coefficient (Wildman–Crippen LogP) is 3.72. The number of fused-ring (bicyclic) bond motifs is 1. The zero-order chi connectivity index (χ0) is 23.1. The highest BCUT2D eigenvalue weighted by Gasteiger charge is 2.96. The van der Waals surface area contributed by atoms with Crippen LogP contribution in [-0.2, 0) is 4.84 Å². The van der Waals surface area contributed by atoms with E-state index in [0.29, 0.717) is 29.2 Å². The molecule has 0 aromatic carbocycles. The summed E-state index contributed by atoms with van der Waals surface area (Å²) in [5.41, 5.74) is 18.7. The number of nitrogens with two attached hydrogens (primary N) is 2. The van der Waals surface area contributed by atoms with Crippen molar-refractivity contribution in [2.45, 2.75) is 95.6 Å². The number of hydrazine groups is 1. The van der Waals surface area contributed by atoms with Gasteiger partial charge in [0.25, 0.3) is 0 Å². The predicted molar refractivity (Wildman–Crippen MR) is 129 cm³/mol. The van der Waals surface area contributed by atoms with Crippen molar-refractivity contribution in [3.05, 3.63) is 4.91 Å². The van der Waals surface area contributed by atoms with Gasteiger partial charge in [0.05, 0.1) is 13.2 Å². The summed E-state index contributed by atoms with van der Waals surface area (Å²) in [6.07, 6.45) is 13.9. The van der Waals surface area contributed by atoms with Crippen LogP contribution in [-0.4, -0.2) is 42.3 Å². The van der Waals surface area contributed by atoms with Gasteiger partial charge < -0.3 is 11.5 Å². The first-order valence-corrected chi connectivity index (χ1v) is 13.8. The van der Waals surface area contributed by atoms with Crippen molar-refractivity contribution in [1.29, 1.82) is 0 Å². The highest BCUT2D eigenvalue weighted by molar-refractivity contribution is 5.49. The van der Waals surface area contributed by atoms with Crippen LogP contribution in [0.1, 0.15) is 84.5 Å². The molecule has 1 aliphatic heterocycles. The van der Waals surface area contributed by atoms with E-state index >= 15 is 0 Å². The largest absolute Gasteiger partial charge is 0.324 e. The monoisotopic (exact) mass is 459 g/mol. The summed E-state index contributed by atoms with van der Waals surface area (Å²) in [7, 11) is 0. The van der Waals surface area contributed by atoms with Crippen molar-refractivity contribution in [1.82, 2.24) is 10.6 Å². The van der Waals surface area contributed by atoms with Crippen LogP contribution in [0.3, 0.4) is 0 Å².